The Hall–Kier alpha value is -1.52. The van der Waals surface area contributed by atoms with Gasteiger partial charge in [-0.25, -0.2) is 0 Å². The van der Waals surface area contributed by atoms with Crippen LogP contribution in [0.2, 0.25) is 0 Å². The third-order valence-corrected chi connectivity index (χ3v) is 3.74. The predicted molar refractivity (Wildman–Crippen MR) is 89.1 cm³/mol. The first-order valence-electron chi connectivity index (χ1n) is 6.92. The van der Waals surface area contributed by atoms with Crippen LogP contribution in [0.3, 0.4) is 0 Å². The zero-order valence-electron chi connectivity index (χ0n) is 12.4. The minimum absolute atomic E-state index is 0.615. The molecule has 2 rings (SSSR count). The number of ether oxygens (including phenoxy) is 2. The van der Waals surface area contributed by atoms with Crippen LogP contribution < -0.4 is 14.8 Å². The molecule has 2 aromatic carbocycles. The van der Waals surface area contributed by atoms with Gasteiger partial charge in [0.2, 0.25) is 0 Å². The van der Waals surface area contributed by atoms with Crippen LogP contribution in [0.1, 0.15) is 11.1 Å². The summed E-state index contributed by atoms with van der Waals surface area (Å²) in [6.45, 7) is 1.41. The summed E-state index contributed by atoms with van der Waals surface area (Å²) in [6, 6.07) is 14.4. The van der Waals surface area contributed by atoms with E-state index in [-0.39, 0.29) is 0 Å². The van der Waals surface area contributed by atoms with Gasteiger partial charge in [-0.2, -0.15) is 0 Å². The quantitative estimate of drug-likeness (QED) is 0.824. The number of nitrogens with one attached hydrogen (secondary N) is 1. The lowest BCUT2D eigenvalue weighted by Gasteiger charge is -2.14. The van der Waals surface area contributed by atoms with Crippen LogP contribution in [0.25, 0.3) is 0 Å². The Morgan fingerprint density at radius 3 is 2.52 bits per heavy atom. The number of hydrogen-bond donors (Lipinski definition) is 1. The van der Waals surface area contributed by atoms with Gasteiger partial charge in [-0.3, -0.25) is 0 Å². The minimum atomic E-state index is 0.615. The largest absolute Gasteiger partial charge is 0.493 e. The summed E-state index contributed by atoms with van der Waals surface area (Å²) in [4.78, 5) is 0. The van der Waals surface area contributed by atoms with E-state index in [9.17, 15) is 0 Å². The summed E-state index contributed by atoms with van der Waals surface area (Å²) in [7, 11) is 3.58. The average Bonchev–Trinajstić information content (AvgIpc) is 2.50. The molecular weight excluding hydrogens is 330 g/mol. The molecule has 0 radical (unpaired) electrons. The smallest absolute Gasteiger partial charge is 0.175 e. The lowest BCUT2D eigenvalue weighted by molar-refractivity contribution is 0.295. The van der Waals surface area contributed by atoms with Crippen LogP contribution in [-0.4, -0.2) is 20.8 Å². The number of rotatable bonds is 7. The number of benzene rings is 2. The van der Waals surface area contributed by atoms with Crippen molar-refractivity contribution in [2.75, 3.05) is 20.8 Å². The van der Waals surface area contributed by atoms with Gasteiger partial charge in [0.1, 0.15) is 0 Å². The van der Waals surface area contributed by atoms with Crippen LogP contribution in [0.5, 0.6) is 11.5 Å². The molecule has 0 unspecified atom stereocenters. The standard InChI is InChI=1S/C17H20BrNO2/c1-19-12-14-10-15(18)17(16(11-14)20-2)21-9-8-13-6-4-3-5-7-13/h3-7,10-11,19H,8-9,12H2,1-2H3. The van der Waals surface area contributed by atoms with Gasteiger partial charge in [-0.15, -0.1) is 0 Å². The third kappa shape index (κ3) is 4.48. The van der Waals surface area contributed by atoms with Gasteiger partial charge >= 0.3 is 0 Å². The number of halogens is 1. The summed E-state index contributed by atoms with van der Waals surface area (Å²) in [6.07, 6.45) is 0.870. The molecule has 0 atom stereocenters. The zero-order chi connectivity index (χ0) is 15.1. The van der Waals surface area contributed by atoms with Gasteiger partial charge < -0.3 is 14.8 Å². The molecule has 0 saturated heterocycles. The van der Waals surface area contributed by atoms with Gasteiger partial charge in [-0.05, 0) is 46.2 Å². The van der Waals surface area contributed by atoms with E-state index in [1.165, 1.54) is 5.56 Å². The van der Waals surface area contributed by atoms with Gasteiger partial charge in [0.05, 0.1) is 18.2 Å². The van der Waals surface area contributed by atoms with Gasteiger partial charge in [0.25, 0.3) is 0 Å². The summed E-state index contributed by atoms with van der Waals surface area (Å²) < 4.78 is 12.3. The van der Waals surface area contributed by atoms with Gasteiger partial charge in [0.15, 0.2) is 11.5 Å². The Bertz CT molecular complexity index is 573. The van der Waals surface area contributed by atoms with Gasteiger partial charge in [0, 0.05) is 13.0 Å². The van der Waals surface area contributed by atoms with E-state index in [0.29, 0.717) is 6.61 Å². The van der Waals surface area contributed by atoms with Crippen LogP contribution in [0, 0.1) is 0 Å². The van der Waals surface area contributed by atoms with E-state index in [4.69, 9.17) is 9.47 Å². The van der Waals surface area contributed by atoms with Crippen molar-refractivity contribution < 1.29 is 9.47 Å². The topological polar surface area (TPSA) is 30.5 Å². The zero-order valence-corrected chi connectivity index (χ0v) is 13.9. The molecule has 0 fully saturated rings. The Labute approximate surface area is 134 Å². The Morgan fingerprint density at radius 1 is 1.10 bits per heavy atom. The van der Waals surface area contributed by atoms with Crippen molar-refractivity contribution in [3.05, 3.63) is 58.1 Å². The molecule has 112 valence electrons. The molecule has 0 bridgehead atoms. The first kappa shape index (κ1) is 15.9. The molecule has 0 spiro atoms. The highest BCUT2D eigenvalue weighted by atomic mass is 79.9. The minimum Gasteiger partial charge on any atom is -0.493 e. The molecule has 0 aliphatic rings. The van der Waals surface area contributed by atoms with Crippen molar-refractivity contribution in [1.82, 2.24) is 5.32 Å². The fourth-order valence-electron chi connectivity index (χ4n) is 2.14. The molecule has 0 heterocycles. The van der Waals surface area contributed by atoms with E-state index in [1.807, 2.05) is 31.3 Å². The highest BCUT2D eigenvalue weighted by Crippen LogP contribution is 2.36. The molecule has 0 amide bonds. The molecular formula is C17H20BrNO2. The van der Waals surface area contributed by atoms with E-state index >= 15 is 0 Å². The van der Waals surface area contributed by atoms with Crippen molar-refractivity contribution in [1.29, 1.82) is 0 Å². The molecule has 0 aromatic heterocycles. The summed E-state index contributed by atoms with van der Waals surface area (Å²) in [5, 5.41) is 3.13. The maximum absolute atomic E-state index is 5.90. The molecule has 0 aliphatic heterocycles. The molecule has 0 aliphatic carbocycles. The normalized spacial score (nSPS) is 10.4. The van der Waals surface area contributed by atoms with E-state index < -0.39 is 0 Å². The van der Waals surface area contributed by atoms with Gasteiger partial charge in [-0.1, -0.05) is 30.3 Å². The monoisotopic (exact) mass is 349 g/mol. The molecule has 0 saturated carbocycles. The van der Waals surface area contributed by atoms with Crippen LogP contribution >= 0.6 is 15.9 Å². The second kappa shape index (κ2) is 8.05. The van der Waals surface area contributed by atoms with E-state index in [2.05, 4.69) is 39.4 Å². The lowest BCUT2D eigenvalue weighted by Crippen LogP contribution is -2.07. The van der Waals surface area contributed by atoms with Crippen LogP contribution in [0.4, 0.5) is 0 Å². The fraction of sp³-hybridized carbons (Fsp3) is 0.294. The first-order valence-corrected chi connectivity index (χ1v) is 7.71. The Kier molecular flexibility index (Phi) is 6.08. The molecule has 2 aromatic rings. The molecule has 3 nitrogen and oxygen atoms in total. The van der Waals surface area contributed by atoms with Crippen molar-refractivity contribution in [2.45, 2.75) is 13.0 Å². The fourth-order valence-corrected chi connectivity index (χ4v) is 2.74. The molecule has 1 N–H and O–H groups in total. The average molecular weight is 350 g/mol. The highest BCUT2D eigenvalue weighted by Gasteiger charge is 2.11. The molecule has 4 heteroatoms. The number of hydrogen-bond acceptors (Lipinski definition) is 3. The Morgan fingerprint density at radius 2 is 1.86 bits per heavy atom. The summed E-state index contributed by atoms with van der Waals surface area (Å²) >= 11 is 3.56. The van der Waals surface area contributed by atoms with Crippen LogP contribution in [-0.2, 0) is 13.0 Å². The van der Waals surface area contributed by atoms with Crippen LogP contribution in [0.15, 0.2) is 46.9 Å². The lowest BCUT2D eigenvalue weighted by atomic mass is 10.1. The highest BCUT2D eigenvalue weighted by molar-refractivity contribution is 9.10. The first-order chi connectivity index (χ1) is 10.2. The van der Waals surface area contributed by atoms with Crippen molar-refractivity contribution in [2.24, 2.45) is 0 Å². The summed E-state index contributed by atoms with van der Waals surface area (Å²) in [5.74, 6) is 1.51. The maximum atomic E-state index is 5.90. The van der Waals surface area contributed by atoms with E-state index in [0.717, 1.165) is 34.5 Å². The predicted octanol–water partition coefficient (Wildman–Crippen LogP) is 3.80. The maximum Gasteiger partial charge on any atom is 0.175 e. The second-order valence-corrected chi connectivity index (χ2v) is 5.58. The summed E-state index contributed by atoms with van der Waals surface area (Å²) in [5.41, 5.74) is 2.41. The van der Waals surface area contributed by atoms with Crippen molar-refractivity contribution in [3.63, 3.8) is 0 Å². The second-order valence-electron chi connectivity index (χ2n) is 4.72. The van der Waals surface area contributed by atoms with Crippen molar-refractivity contribution >= 4 is 15.9 Å². The SMILES string of the molecule is CNCc1cc(Br)c(OCCc2ccccc2)c(OC)c1. The third-order valence-electron chi connectivity index (χ3n) is 3.15. The van der Waals surface area contributed by atoms with E-state index in [1.54, 1.807) is 7.11 Å². The Balaban J connectivity index is 2.05. The van der Waals surface area contributed by atoms with Crippen molar-refractivity contribution in [3.8, 4) is 11.5 Å². The molecule has 21 heavy (non-hydrogen) atoms. The number of methoxy groups -OCH3 is 1.